The number of hydrogen-bond acceptors (Lipinski definition) is 2. The SMILES string of the molecule is O=C(O)c1cc(NC(=O)[C@H]2C(c3ccc(F)c(Cl)c3)C2(Cl)Cl)ccc1Cl. The van der Waals surface area contributed by atoms with Gasteiger partial charge in [0.25, 0.3) is 0 Å². The van der Waals surface area contributed by atoms with Crippen molar-refractivity contribution in [1.29, 1.82) is 0 Å². The molecule has 1 unspecified atom stereocenters. The minimum atomic E-state index is -1.38. The van der Waals surface area contributed by atoms with E-state index in [2.05, 4.69) is 5.32 Å². The Morgan fingerprint density at radius 2 is 1.77 bits per heavy atom. The van der Waals surface area contributed by atoms with Gasteiger partial charge >= 0.3 is 5.97 Å². The molecular formula is C17H10Cl4FNO3. The molecule has 0 aromatic heterocycles. The van der Waals surface area contributed by atoms with Gasteiger partial charge in [-0.25, -0.2) is 9.18 Å². The van der Waals surface area contributed by atoms with Crippen molar-refractivity contribution in [3.63, 3.8) is 0 Å². The number of carbonyl (C=O) groups is 2. The van der Waals surface area contributed by atoms with Gasteiger partial charge < -0.3 is 10.4 Å². The lowest BCUT2D eigenvalue weighted by Gasteiger charge is -2.07. The number of carboxylic acids is 1. The molecule has 4 nitrogen and oxygen atoms in total. The van der Waals surface area contributed by atoms with Crippen molar-refractivity contribution in [3.05, 3.63) is 63.4 Å². The average Bonchev–Trinajstić information content (AvgIpc) is 3.14. The second kappa shape index (κ2) is 6.89. The van der Waals surface area contributed by atoms with E-state index in [1.165, 1.54) is 36.4 Å². The Labute approximate surface area is 167 Å². The Bertz CT molecular complexity index is 919. The number of carboxylic acid groups (broad SMARTS) is 1. The largest absolute Gasteiger partial charge is 0.478 e. The third kappa shape index (κ3) is 3.49. The molecule has 136 valence electrons. The van der Waals surface area contributed by atoms with Crippen LogP contribution in [0.5, 0.6) is 0 Å². The maximum absolute atomic E-state index is 13.3. The Hall–Kier alpha value is -1.53. The van der Waals surface area contributed by atoms with Crippen LogP contribution in [-0.4, -0.2) is 21.3 Å². The van der Waals surface area contributed by atoms with Crippen molar-refractivity contribution in [2.24, 2.45) is 5.92 Å². The van der Waals surface area contributed by atoms with Gasteiger partial charge in [-0.1, -0.05) is 29.3 Å². The van der Waals surface area contributed by atoms with Gasteiger partial charge in [-0.05, 0) is 35.9 Å². The fraction of sp³-hybridized carbons (Fsp3) is 0.176. The quantitative estimate of drug-likeness (QED) is 0.634. The standard InChI is InChI=1S/C17H10Cl4FNO3/c18-10-3-2-8(6-9(10)16(25)26)23-15(24)14-13(17(14,20)21)7-1-4-12(22)11(19)5-7/h1-6,13-14H,(H,23,24)(H,25,26)/t13?,14-/m1/s1. The van der Waals surface area contributed by atoms with Crippen molar-refractivity contribution in [3.8, 4) is 0 Å². The number of halogens is 5. The number of carbonyl (C=O) groups excluding carboxylic acids is 1. The molecule has 1 saturated carbocycles. The normalized spacial score (nSPS) is 20.5. The van der Waals surface area contributed by atoms with Gasteiger partial charge in [0.15, 0.2) is 0 Å². The minimum Gasteiger partial charge on any atom is -0.478 e. The molecular weight excluding hydrogens is 427 g/mol. The van der Waals surface area contributed by atoms with E-state index in [0.717, 1.165) is 0 Å². The van der Waals surface area contributed by atoms with Gasteiger partial charge in [-0.3, -0.25) is 4.79 Å². The van der Waals surface area contributed by atoms with E-state index in [1.54, 1.807) is 0 Å². The van der Waals surface area contributed by atoms with Crippen LogP contribution in [0.2, 0.25) is 10.0 Å². The molecule has 0 radical (unpaired) electrons. The highest BCUT2D eigenvalue weighted by Gasteiger charge is 2.67. The first-order valence-electron chi connectivity index (χ1n) is 7.29. The third-order valence-electron chi connectivity index (χ3n) is 4.10. The summed E-state index contributed by atoms with van der Waals surface area (Å²) in [5.41, 5.74) is 0.623. The van der Waals surface area contributed by atoms with Gasteiger partial charge in [0.2, 0.25) is 5.91 Å². The Kier molecular flexibility index (Phi) is 5.10. The summed E-state index contributed by atoms with van der Waals surface area (Å²) in [7, 11) is 0. The zero-order valence-corrected chi connectivity index (χ0v) is 15.8. The Morgan fingerprint density at radius 3 is 2.38 bits per heavy atom. The van der Waals surface area contributed by atoms with Crippen LogP contribution in [0, 0.1) is 11.7 Å². The van der Waals surface area contributed by atoms with Gasteiger partial charge in [0, 0.05) is 11.6 Å². The van der Waals surface area contributed by atoms with E-state index in [0.29, 0.717) is 5.56 Å². The highest BCUT2D eigenvalue weighted by Crippen LogP contribution is 2.65. The zero-order valence-electron chi connectivity index (χ0n) is 12.8. The smallest absolute Gasteiger partial charge is 0.337 e. The number of rotatable bonds is 4. The predicted octanol–water partition coefficient (Wildman–Crippen LogP) is 5.36. The molecule has 2 atom stereocenters. The van der Waals surface area contributed by atoms with Gasteiger partial charge in [-0.15, -0.1) is 23.2 Å². The van der Waals surface area contributed by atoms with Crippen molar-refractivity contribution < 1.29 is 19.1 Å². The second-order valence-electron chi connectivity index (χ2n) is 5.79. The molecule has 26 heavy (non-hydrogen) atoms. The summed E-state index contributed by atoms with van der Waals surface area (Å²) in [5.74, 6) is -3.69. The maximum atomic E-state index is 13.3. The Balaban J connectivity index is 1.81. The van der Waals surface area contributed by atoms with Crippen molar-refractivity contribution in [2.75, 3.05) is 5.32 Å². The summed E-state index contributed by atoms with van der Waals surface area (Å²) >= 11 is 24.0. The first kappa shape index (κ1) is 19.2. The number of nitrogens with one attached hydrogen (secondary N) is 1. The van der Waals surface area contributed by atoms with Gasteiger partial charge in [0.05, 0.1) is 21.5 Å². The summed E-state index contributed by atoms with van der Waals surface area (Å²) in [6.07, 6.45) is 0. The number of hydrogen-bond donors (Lipinski definition) is 2. The summed E-state index contributed by atoms with van der Waals surface area (Å²) in [5, 5.41) is 11.6. The van der Waals surface area contributed by atoms with E-state index >= 15 is 0 Å². The van der Waals surface area contributed by atoms with Crippen LogP contribution in [0.25, 0.3) is 0 Å². The van der Waals surface area contributed by atoms with Crippen molar-refractivity contribution in [1.82, 2.24) is 0 Å². The van der Waals surface area contributed by atoms with E-state index < -0.39 is 33.9 Å². The van der Waals surface area contributed by atoms with Gasteiger partial charge in [0.1, 0.15) is 10.2 Å². The molecule has 2 aromatic rings. The molecule has 1 amide bonds. The van der Waals surface area contributed by atoms with E-state index in [-0.39, 0.29) is 21.3 Å². The molecule has 0 spiro atoms. The third-order valence-corrected chi connectivity index (χ3v) is 5.66. The van der Waals surface area contributed by atoms with E-state index in [4.69, 9.17) is 51.5 Å². The van der Waals surface area contributed by atoms with Crippen molar-refractivity contribution >= 4 is 64.0 Å². The topological polar surface area (TPSA) is 66.4 Å². The number of anilines is 1. The lowest BCUT2D eigenvalue weighted by Crippen LogP contribution is -2.17. The van der Waals surface area contributed by atoms with Gasteiger partial charge in [-0.2, -0.15) is 0 Å². The minimum absolute atomic E-state index is 0.0461. The average molecular weight is 437 g/mol. The first-order valence-corrected chi connectivity index (χ1v) is 8.80. The van der Waals surface area contributed by atoms with E-state index in [1.807, 2.05) is 0 Å². The molecule has 2 aromatic carbocycles. The van der Waals surface area contributed by atoms with Crippen LogP contribution in [0.4, 0.5) is 10.1 Å². The first-order chi connectivity index (χ1) is 12.1. The highest BCUT2D eigenvalue weighted by atomic mass is 35.5. The fourth-order valence-electron chi connectivity index (χ4n) is 2.76. The van der Waals surface area contributed by atoms with Crippen LogP contribution < -0.4 is 5.32 Å². The summed E-state index contributed by atoms with van der Waals surface area (Å²) in [6, 6.07) is 8.07. The zero-order chi connectivity index (χ0) is 19.2. The summed E-state index contributed by atoms with van der Waals surface area (Å²) in [4.78, 5) is 23.6. The molecule has 1 fully saturated rings. The molecule has 0 saturated heterocycles. The van der Waals surface area contributed by atoms with Crippen LogP contribution in [-0.2, 0) is 4.79 Å². The van der Waals surface area contributed by atoms with Crippen LogP contribution >= 0.6 is 46.4 Å². The maximum Gasteiger partial charge on any atom is 0.337 e. The van der Waals surface area contributed by atoms with Crippen LogP contribution in [0.15, 0.2) is 36.4 Å². The Morgan fingerprint density at radius 1 is 1.08 bits per heavy atom. The number of amides is 1. The van der Waals surface area contributed by atoms with Crippen molar-refractivity contribution in [2.45, 2.75) is 10.3 Å². The number of alkyl halides is 2. The second-order valence-corrected chi connectivity index (χ2v) is 8.05. The molecule has 9 heteroatoms. The molecule has 1 aliphatic carbocycles. The lowest BCUT2D eigenvalue weighted by atomic mass is 10.1. The molecule has 3 rings (SSSR count). The predicted molar refractivity (Wildman–Crippen MR) is 99.1 cm³/mol. The molecule has 2 N–H and O–H groups in total. The molecule has 0 heterocycles. The summed E-state index contributed by atoms with van der Waals surface area (Å²) in [6.45, 7) is 0. The molecule has 0 bridgehead atoms. The monoisotopic (exact) mass is 435 g/mol. The summed E-state index contributed by atoms with van der Waals surface area (Å²) < 4.78 is 11.9. The van der Waals surface area contributed by atoms with Crippen LogP contribution in [0.3, 0.4) is 0 Å². The highest BCUT2D eigenvalue weighted by molar-refractivity contribution is 6.53. The fourth-order valence-corrected chi connectivity index (χ4v) is 3.98. The number of benzene rings is 2. The van der Waals surface area contributed by atoms with Crippen LogP contribution in [0.1, 0.15) is 21.8 Å². The van der Waals surface area contributed by atoms with E-state index in [9.17, 15) is 14.0 Å². The molecule has 1 aliphatic rings. The molecule has 0 aliphatic heterocycles. The number of aromatic carboxylic acids is 1. The lowest BCUT2D eigenvalue weighted by molar-refractivity contribution is -0.117.